The fraction of sp³-hybridized carbons (Fsp3) is 0.467. The van der Waals surface area contributed by atoms with Crippen molar-refractivity contribution in [3.8, 4) is 0 Å². The number of nitrogens with one attached hydrogen (secondary N) is 1. The van der Waals surface area contributed by atoms with Gasteiger partial charge in [0.2, 0.25) is 5.91 Å². The molecule has 0 bridgehead atoms. The topological polar surface area (TPSA) is 66.4 Å². The van der Waals surface area contributed by atoms with Crippen molar-refractivity contribution in [3.63, 3.8) is 0 Å². The molecule has 1 aliphatic rings. The van der Waals surface area contributed by atoms with E-state index in [1.54, 1.807) is 0 Å². The minimum atomic E-state index is -1.21. The van der Waals surface area contributed by atoms with Crippen LogP contribution in [0.5, 0.6) is 0 Å². The number of benzene rings is 1. The first-order valence-corrected chi connectivity index (χ1v) is 6.84. The highest BCUT2D eigenvalue weighted by Gasteiger charge is 2.48. The second-order valence-electron chi connectivity index (χ2n) is 5.48. The van der Waals surface area contributed by atoms with Gasteiger partial charge in [-0.3, -0.25) is 9.59 Å². The van der Waals surface area contributed by atoms with Crippen molar-refractivity contribution in [1.82, 2.24) is 5.32 Å². The van der Waals surface area contributed by atoms with Gasteiger partial charge >= 0.3 is 5.97 Å². The molecule has 0 aliphatic heterocycles. The predicted molar refractivity (Wildman–Crippen MR) is 71.7 cm³/mol. The summed E-state index contributed by atoms with van der Waals surface area (Å²) < 4.78 is 27.9. The Morgan fingerprint density at radius 2 is 1.90 bits per heavy atom. The molecule has 21 heavy (non-hydrogen) atoms. The van der Waals surface area contributed by atoms with Gasteiger partial charge in [0.05, 0.1) is 11.3 Å². The Morgan fingerprint density at radius 3 is 2.33 bits per heavy atom. The zero-order valence-corrected chi connectivity index (χ0v) is 11.7. The van der Waals surface area contributed by atoms with E-state index in [4.69, 9.17) is 5.11 Å². The highest BCUT2D eigenvalue weighted by Crippen LogP contribution is 2.45. The monoisotopic (exact) mass is 297 g/mol. The summed E-state index contributed by atoms with van der Waals surface area (Å²) in [5, 5.41) is 11.3. The van der Waals surface area contributed by atoms with E-state index in [2.05, 4.69) is 5.32 Å². The summed E-state index contributed by atoms with van der Waals surface area (Å²) in [6, 6.07) is 3.52. The van der Waals surface area contributed by atoms with Crippen molar-refractivity contribution in [2.45, 2.75) is 31.6 Å². The molecular formula is C15H17F2NO3. The van der Waals surface area contributed by atoms with Crippen LogP contribution in [0.4, 0.5) is 8.78 Å². The molecule has 1 aliphatic carbocycles. The van der Waals surface area contributed by atoms with Crippen LogP contribution in [0.15, 0.2) is 18.2 Å². The lowest BCUT2D eigenvalue weighted by atomic mass is 9.63. The average Bonchev–Trinajstić information content (AvgIpc) is 2.37. The van der Waals surface area contributed by atoms with Gasteiger partial charge < -0.3 is 10.4 Å². The second-order valence-corrected chi connectivity index (χ2v) is 5.48. The van der Waals surface area contributed by atoms with Gasteiger partial charge in [-0.1, -0.05) is 19.4 Å². The molecule has 0 spiro atoms. The SMILES string of the molecule is CC(CNC(=O)C1(c2c(F)cccc2F)CCC1)C(=O)O. The number of aliphatic carboxylic acids is 1. The third-order valence-electron chi connectivity index (χ3n) is 4.07. The Balaban J connectivity index is 2.22. The average molecular weight is 297 g/mol. The number of amides is 1. The minimum Gasteiger partial charge on any atom is -0.481 e. The molecule has 1 fully saturated rings. The van der Waals surface area contributed by atoms with E-state index in [1.807, 2.05) is 0 Å². The van der Waals surface area contributed by atoms with Gasteiger partial charge in [-0.15, -0.1) is 0 Å². The first kappa shape index (κ1) is 15.4. The molecule has 2 N–H and O–H groups in total. The fourth-order valence-electron chi connectivity index (χ4n) is 2.58. The molecule has 6 heteroatoms. The van der Waals surface area contributed by atoms with Gasteiger partial charge in [0, 0.05) is 12.1 Å². The van der Waals surface area contributed by atoms with Gasteiger partial charge in [-0.25, -0.2) is 8.78 Å². The van der Waals surface area contributed by atoms with E-state index in [1.165, 1.54) is 13.0 Å². The molecular weight excluding hydrogens is 280 g/mol. The third-order valence-corrected chi connectivity index (χ3v) is 4.07. The van der Waals surface area contributed by atoms with Crippen molar-refractivity contribution in [2.24, 2.45) is 5.92 Å². The normalized spacial score (nSPS) is 17.7. The van der Waals surface area contributed by atoms with E-state index >= 15 is 0 Å². The lowest BCUT2D eigenvalue weighted by molar-refractivity contribution is -0.141. The molecule has 0 heterocycles. The molecule has 2 rings (SSSR count). The van der Waals surface area contributed by atoms with E-state index in [-0.39, 0.29) is 12.1 Å². The highest BCUT2D eigenvalue weighted by atomic mass is 19.1. The van der Waals surface area contributed by atoms with Crippen molar-refractivity contribution in [1.29, 1.82) is 0 Å². The maximum Gasteiger partial charge on any atom is 0.308 e. The first-order chi connectivity index (χ1) is 9.88. The quantitative estimate of drug-likeness (QED) is 0.876. The summed E-state index contributed by atoms with van der Waals surface area (Å²) in [5.41, 5.74) is -1.43. The number of carbonyl (C=O) groups is 2. The molecule has 0 saturated heterocycles. The molecule has 1 atom stereocenters. The highest BCUT2D eigenvalue weighted by molar-refractivity contribution is 5.89. The Bertz CT molecular complexity index is 550. The molecule has 1 aromatic rings. The van der Waals surface area contributed by atoms with Crippen molar-refractivity contribution in [3.05, 3.63) is 35.4 Å². The van der Waals surface area contributed by atoms with Crippen molar-refractivity contribution in [2.75, 3.05) is 6.54 Å². The molecule has 1 saturated carbocycles. The zero-order chi connectivity index (χ0) is 15.6. The standard InChI is InChI=1S/C15H17F2NO3/c1-9(13(19)20)8-18-14(21)15(6-3-7-15)12-10(16)4-2-5-11(12)17/h2,4-5,9H,3,6-8H2,1H3,(H,18,21)(H,19,20). The van der Waals surface area contributed by atoms with Crippen LogP contribution >= 0.6 is 0 Å². The van der Waals surface area contributed by atoms with E-state index in [0.29, 0.717) is 19.3 Å². The van der Waals surface area contributed by atoms with Crippen LogP contribution < -0.4 is 5.32 Å². The molecule has 1 amide bonds. The number of carbonyl (C=O) groups excluding carboxylic acids is 1. The van der Waals surface area contributed by atoms with E-state index in [9.17, 15) is 18.4 Å². The second kappa shape index (κ2) is 5.79. The number of carboxylic acids is 1. The van der Waals surface area contributed by atoms with Gasteiger partial charge in [0.15, 0.2) is 0 Å². The number of hydrogen-bond acceptors (Lipinski definition) is 2. The van der Waals surface area contributed by atoms with Crippen molar-refractivity contribution >= 4 is 11.9 Å². The minimum absolute atomic E-state index is 0.0635. The van der Waals surface area contributed by atoms with Crippen molar-refractivity contribution < 1.29 is 23.5 Å². The van der Waals surface area contributed by atoms with Gasteiger partial charge in [-0.2, -0.15) is 0 Å². The molecule has 1 aromatic carbocycles. The predicted octanol–water partition coefficient (Wildman–Crippen LogP) is 2.22. The van der Waals surface area contributed by atoms with Crippen LogP contribution in [-0.4, -0.2) is 23.5 Å². The van der Waals surface area contributed by atoms with Crippen LogP contribution in [0.3, 0.4) is 0 Å². The molecule has 0 aromatic heterocycles. The largest absolute Gasteiger partial charge is 0.481 e. The fourth-order valence-corrected chi connectivity index (χ4v) is 2.58. The Morgan fingerprint density at radius 1 is 1.33 bits per heavy atom. The van der Waals surface area contributed by atoms with Crippen LogP contribution in [0.2, 0.25) is 0 Å². The molecule has 0 radical (unpaired) electrons. The summed E-state index contributed by atoms with van der Waals surface area (Å²) in [6.07, 6.45) is 1.42. The summed E-state index contributed by atoms with van der Waals surface area (Å²) in [5.74, 6) is -3.77. The van der Waals surface area contributed by atoms with Crippen LogP contribution in [0.1, 0.15) is 31.7 Å². The number of hydrogen-bond donors (Lipinski definition) is 2. The Labute approximate surface area is 121 Å². The van der Waals surface area contributed by atoms with Crippen LogP contribution in [0.25, 0.3) is 0 Å². The Kier molecular flexibility index (Phi) is 4.25. The third kappa shape index (κ3) is 2.75. The number of rotatable bonds is 5. The van der Waals surface area contributed by atoms with Gasteiger partial charge in [0.1, 0.15) is 11.6 Å². The zero-order valence-electron chi connectivity index (χ0n) is 11.7. The molecule has 114 valence electrons. The number of carboxylic acid groups (broad SMARTS) is 1. The maximum absolute atomic E-state index is 13.9. The molecule has 1 unspecified atom stereocenters. The van der Waals surface area contributed by atoms with Crippen LogP contribution in [0, 0.1) is 17.6 Å². The van der Waals surface area contributed by atoms with E-state index < -0.39 is 34.8 Å². The van der Waals surface area contributed by atoms with Crippen LogP contribution in [-0.2, 0) is 15.0 Å². The smallest absolute Gasteiger partial charge is 0.308 e. The summed E-state index contributed by atoms with van der Waals surface area (Å²) in [6.45, 7) is 1.39. The molecule has 4 nitrogen and oxygen atoms in total. The maximum atomic E-state index is 13.9. The first-order valence-electron chi connectivity index (χ1n) is 6.84. The van der Waals surface area contributed by atoms with Gasteiger partial charge in [-0.05, 0) is 25.0 Å². The summed E-state index contributed by atoms with van der Waals surface area (Å²) in [7, 11) is 0. The summed E-state index contributed by atoms with van der Waals surface area (Å²) in [4.78, 5) is 23.1. The lowest BCUT2D eigenvalue weighted by Crippen LogP contribution is -2.51. The van der Waals surface area contributed by atoms with Gasteiger partial charge in [0.25, 0.3) is 0 Å². The van der Waals surface area contributed by atoms with E-state index in [0.717, 1.165) is 12.1 Å². The number of halogens is 2. The summed E-state index contributed by atoms with van der Waals surface area (Å²) >= 11 is 0. The Hall–Kier alpha value is -1.98. The lowest BCUT2D eigenvalue weighted by Gasteiger charge is -2.41.